The molecule has 0 fully saturated rings. The lowest BCUT2D eigenvalue weighted by Gasteiger charge is -2.02. The van der Waals surface area contributed by atoms with Gasteiger partial charge in [0.25, 0.3) is 0 Å². The summed E-state index contributed by atoms with van der Waals surface area (Å²) in [5.74, 6) is 0. The SMILES string of the molecule is NCCn1c(Br)nc2c(Cl)cccc21. The summed E-state index contributed by atoms with van der Waals surface area (Å²) in [5.41, 5.74) is 7.34. The van der Waals surface area contributed by atoms with Crippen LogP contribution in [0.1, 0.15) is 0 Å². The normalized spacial score (nSPS) is 11.1. The Balaban J connectivity index is 2.70. The van der Waals surface area contributed by atoms with Gasteiger partial charge in [0, 0.05) is 13.1 Å². The van der Waals surface area contributed by atoms with Crippen LogP contribution in [0.4, 0.5) is 0 Å². The van der Waals surface area contributed by atoms with Crippen molar-refractivity contribution in [3.63, 3.8) is 0 Å². The van der Waals surface area contributed by atoms with Crippen LogP contribution in [0.3, 0.4) is 0 Å². The Morgan fingerprint density at radius 3 is 3.00 bits per heavy atom. The van der Waals surface area contributed by atoms with Gasteiger partial charge >= 0.3 is 0 Å². The summed E-state index contributed by atoms with van der Waals surface area (Å²) in [6.07, 6.45) is 0. The lowest BCUT2D eigenvalue weighted by molar-refractivity contribution is 0.712. The largest absolute Gasteiger partial charge is 0.329 e. The van der Waals surface area contributed by atoms with Crippen LogP contribution in [0.2, 0.25) is 5.02 Å². The Morgan fingerprint density at radius 2 is 2.29 bits per heavy atom. The van der Waals surface area contributed by atoms with Crippen molar-refractivity contribution < 1.29 is 0 Å². The predicted molar refractivity (Wildman–Crippen MR) is 61.5 cm³/mol. The zero-order chi connectivity index (χ0) is 10.1. The van der Waals surface area contributed by atoms with Crippen molar-refractivity contribution in [2.75, 3.05) is 6.54 Å². The molecule has 74 valence electrons. The third-order valence-corrected chi connectivity index (χ3v) is 2.95. The summed E-state index contributed by atoms with van der Waals surface area (Å²) in [6.45, 7) is 1.31. The standard InChI is InChI=1S/C9H9BrClN3/c10-9-13-8-6(11)2-1-3-7(8)14(9)5-4-12/h1-3H,4-5,12H2. The number of rotatable bonds is 2. The molecule has 0 saturated carbocycles. The minimum atomic E-state index is 0.580. The number of aromatic nitrogens is 2. The second kappa shape index (κ2) is 3.88. The highest BCUT2D eigenvalue weighted by atomic mass is 79.9. The molecule has 0 bridgehead atoms. The number of hydrogen-bond donors (Lipinski definition) is 1. The number of benzene rings is 1. The van der Waals surface area contributed by atoms with Crippen LogP contribution in [0.25, 0.3) is 11.0 Å². The van der Waals surface area contributed by atoms with Gasteiger partial charge in [-0.2, -0.15) is 0 Å². The topological polar surface area (TPSA) is 43.8 Å². The van der Waals surface area contributed by atoms with Gasteiger partial charge in [-0.15, -0.1) is 0 Å². The van der Waals surface area contributed by atoms with Gasteiger partial charge in [0.2, 0.25) is 0 Å². The summed E-state index contributed by atoms with van der Waals surface area (Å²) >= 11 is 9.40. The molecule has 0 radical (unpaired) electrons. The van der Waals surface area contributed by atoms with E-state index in [1.807, 2.05) is 22.8 Å². The first-order chi connectivity index (χ1) is 6.74. The van der Waals surface area contributed by atoms with E-state index in [9.17, 15) is 0 Å². The third-order valence-electron chi connectivity index (χ3n) is 2.04. The number of nitrogens with zero attached hydrogens (tertiary/aromatic N) is 2. The van der Waals surface area contributed by atoms with E-state index in [4.69, 9.17) is 17.3 Å². The second-order valence-electron chi connectivity index (χ2n) is 2.93. The Bertz CT molecular complexity index is 466. The molecule has 2 rings (SSSR count). The molecule has 0 aliphatic heterocycles. The Morgan fingerprint density at radius 1 is 1.50 bits per heavy atom. The summed E-state index contributed by atoms with van der Waals surface area (Å²) in [6, 6.07) is 5.72. The molecule has 2 N–H and O–H groups in total. The van der Waals surface area contributed by atoms with E-state index in [0.717, 1.165) is 22.3 Å². The molecule has 0 aliphatic rings. The molecule has 0 aliphatic carbocycles. The van der Waals surface area contributed by atoms with Crippen LogP contribution in [0.5, 0.6) is 0 Å². The maximum absolute atomic E-state index is 6.01. The maximum atomic E-state index is 6.01. The zero-order valence-electron chi connectivity index (χ0n) is 7.37. The molecule has 0 atom stereocenters. The number of para-hydroxylation sites is 1. The van der Waals surface area contributed by atoms with Crippen LogP contribution >= 0.6 is 27.5 Å². The van der Waals surface area contributed by atoms with Crippen LogP contribution in [-0.2, 0) is 6.54 Å². The van der Waals surface area contributed by atoms with Gasteiger partial charge in [-0.3, -0.25) is 0 Å². The van der Waals surface area contributed by atoms with Crippen molar-refractivity contribution in [1.82, 2.24) is 9.55 Å². The Labute approximate surface area is 95.0 Å². The van der Waals surface area contributed by atoms with Gasteiger partial charge in [-0.05, 0) is 28.1 Å². The van der Waals surface area contributed by atoms with E-state index >= 15 is 0 Å². The van der Waals surface area contributed by atoms with E-state index in [2.05, 4.69) is 20.9 Å². The Kier molecular flexibility index (Phi) is 2.76. The van der Waals surface area contributed by atoms with E-state index < -0.39 is 0 Å². The van der Waals surface area contributed by atoms with Crippen molar-refractivity contribution in [2.45, 2.75) is 6.54 Å². The first kappa shape index (κ1) is 9.96. The Hall–Kier alpha value is -0.580. The first-order valence-corrected chi connectivity index (χ1v) is 5.41. The minimum absolute atomic E-state index is 0.580. The van der Waals surface area contributed by atoms with Crippen molar-refractivity contribution in [3.8, 4) is 0 Å². The van der Waals surface area contributed by atoms with Gasteiger partial charge in [-0.25, -0.2) is 4.98 Å². The molecule has 3 nitrogen and oxygen atoms in total. The average Bonchev–Trinajstić information content (AvgIpc) is 2.47. The zero-order valence-corrected chi connectivity index (χ0v) is 9.72. The number of fused-ring (bicyclic) bond motifs is 1. The number of halogens is 2. The average molecular weight is 275 g/mol. The van der Waals surface area contributed by atoms with Crippen LogP contribution in [0.15, 0.2) is 22.9 Å². The molecule has 1 aromatic heterocycles. The number of hydrogen-bond acceptors (Lipinski definition) is 2. The summed E-state index contributed by atoms with van der Waals surface area (Å²) in [5, 5.41) is 0.666. The fourth-order valence-corrected chi connectivity index (χ4v) is 2.18. The van der Waals surface area contributed by atoms with Crippen molar-refractivity contribution in [2.24, 2.45) is 5.73 Å². The molecule has 0 unspecified atom stereocenters. The number of imidazole rings is 1. The van der Waals surface area contributed by atoms with Gasteiger partial charge in [0.15, 0.2) is 4.73 Å². The summed E-state index contributed by atoms with van der Waals surface area (Å²) < 4.78 is 2.77. The molecule has 2 aromatic rings. The molecular formula is C9H9BrClN3. The lowest BCUT2D eigenvalue weighted by atomic mass is 10.3. The van der Waals surface area contributed by atoms with Crippen molar-refractivity contribution >= 4 is 38.6 Å². The third kappa shape index (κ3) is 1.54. The highest BCUT2D eigenvalue weighted by Crippen LogP contribution is 2.25. The molecule has 1 heterocycles. The summed E-state index contributed by atoms with van der Waals surface area (Å²) in [7, 11) is 0. The van der Waals surface area contributed by atoms with Gasteiger partial charge in [-0.1, -0.05) is 17.7 Å². The molecule has 5 heteroatoms. The van der Waals surface area contributed by atoms with Crippen LogP contribution in [-0.4, -0.2) is 16.1 Å². The molecular weight excluding hydrogens is 265 g/mol. The van der Waals surface area contributed by atoms with E-state index in [1.165, 1.54) is 0 Å². The van der Waals surface area contributed by atoms with E-state index in [-0.39, 0.29) is 0 Å². The lowest BCUT2D eigenvalue weighted by Crippen LogP contribution is -2.09. The first-order valence-electron chi connectivity index (χ1n) is 4.24. The summed E-state index contributed by atoms with van der Waals surface area (Å²) in [4.78, 5) is 4.32. The van der Waals surface area contributed by atoms with Gasteiger partial charge in [0.05, 0.1) is 10.5 Å². The van der Waals surface area contributed by atoms with Gasteiger partial charge in [0.1, 0.15) is 5.52 Å². The fraction of sp³-hybridized carbons (Fsp3) is 0.222. The van der Waals surface area contributed by atoms with Crippen LogP contribution < -0.4 is 5.73 Å². The number of nitrogens with two attached hydrogens (primary N) is 1. The van der Waals surface area contributed by atoms with E-state index in [0.29, 0.717) is 11.6 Å². The van der Waals surface area contributed by atoms with Gasteiger partial charge < -0.3 is 10.3 Å². The molecule has 14 heavy (non-hydrogen) atoms. The van der Waals surface area contributed by atoms with Crippen LogP contribution in [0, 0.1) is 0 Å². The van der Waals surface area contributed by atoms with Crippen molar-refractivity contribution in [3.05, 3.63) is 28.0 Å². The predicted octanol–water partition coefficient (Wildman–Crippen LogP) is 2.41. The monoisotopic (exact) mass is 273 g/mol. The molecule has 0 saturated heterocycles. The highest BCUT2D eigenvalue weighted by molar-refractivity contribution is 9.10. The molecule has 1 aromatic carbocycles. The second-order valence-corrected chi connectivity index (χ2v) is 4.05. The maximum Gasteiger partial charge on any atom is 0.178 e. The fourth-order valence-electron chi connectivity index (χ4n) is 1.43. The highest BCUT2D eigenvalue weighted by Gasteiger charge is 2.09. The quantitative estimate of drug-likeness (QED) is 0.914. The molecule has 0 spiro atoms. The van der Waals surface area contributed by atoms with Crippen molar-refractivity contribution in [1.29, 1.82) is 0 Å². The smallest absolute Gasteiger partial charge is 0.178 e. The minimum Gasteiger partial charge on any atom is -0.329 e. The van der Waals surface area contributed by atoms with E-state index in [1.54, 1.807) is 0 Å². The molecule has 0 amide bonds.